The number of rotatable bonds is 6. The van der Waals surface area contributed by atoms with Gasteiger partial charge >= 0.3 is 0 Å². The van der Waals surface area contributed by atoms with E-state index in [0.29, 0.717) is 5.82 Å². The summed E-state index contributed by atoms with van der Waals surface area (Å²) in [5.41, 5.74) is 6.30. The first-order chi connectivity index (χ1) is 14.5. The first-order valence-electron chi connectivity index (χ1n) is 9.76. The molecule has 30 heavy (non-hydrogen) atoms. The van der Waals surface area contributed by atoms with Gasteiger partial charge in [-0.1, -0.05) is 30.3 Å². The zero-order valence-corrected chi connectivity index (χ0v) is 18.0. The van der Waals surface area contributed by atoms with E-state index in [4.69, 9.17) is 5.10 Å². The van der Waals surface area contributed by atoms with Gasteiger partial charge < -0.3 is 5.32 Å². The lowest BCUT2D eigenvalue weighted by molar-refractivity contribution is -0.115. The summed E-state index contributed by atoms with van der Waals surface area (Å²) in [7, 11) is 0. The number of nitrogens with one attached hydrogen (secondary N) is 1. The Labute approximate surface area is 179 Å². The van der Waals surface area contributed by atoms with Crippen molar-refractivity contribution >= 4 is 23.1 Å². The Hall–Kier alpha value is -3.32. The number of carbonyl (C=O) groups is 1. The highest BCUT2D eigenvalue weighted by Crippen LogP contribution is 2.23. The average Bonchev–Trinajstić information content (AvgIpc) is 3.28. The van der Waals surface area contributed by atoms with Crippen molar-refractivity contribution in [1.29, 1.82) is 0 Å². The van der Waals surface area contributed by atoms with Crippen LogP contribution in [0.25, 0.3) is 5.13 Å². The second-order valence-electron chi connectivity index (χ2n) is 7.29. The molecular formula is C23H23N5OS. The highest BCUT2D eigenvalue weighted by molar-refractivity contribution is 7.12. The largest absolute Gasteiger partial charge is 0.310 e. The first kappa shape index (κ1) is 20.0. The van der Waals surface area contributed by atoms with Crippen LogP contribution in [-0.2, 0) is 17.6 Å². The standard InChI is InChI=1S/C23H23N5OS/c1-15-9-10-24-21(11-15)26-22(29)13-19-14-30-23(25-19)28-17(3)20(16(2)27-28)12-18-7-5-4-6-8-18/h4-11,14H,12-13H2,1-3H3,(H,24,26,29). The molecule has 0 unspecified atom stereocenters. The van der Waals surface area contributed by atoms with Crippen molar-refractivity contribution in [1.82, 2.24) is 19.7 Å². The average molecular weight is 418 g/mol. The monoisotopic (exact) mass is 417 g/mol. The van der Waals surface area contributed by atoms with Crippen LogP contribution in [0, 0.1) is 20.8 Å². The zero-order valence-electron chi connectivity index (χ0n) is 17.2. The molecule has 0 saturated carbocycles. The van der Waals surface area contributed by atoms with Gasteiger partial charge in [-0.2, -0.15) is 5.10 Å². The molecule has 0 spiro atoms. The summed E-state index contributed by atoms with van der Waals surface area (Å²) in [6.07, 6.45) is 2.71. The number of hydrogen-bond acceptors (Lipinski definition) is 5. The molecule has 0 fully saturated rings. The first-order valence-corrected chi connectivity index (χ1v) is 10.6. The van der Waals surface area contributed by atoms with Crippen LogP contribution >= 0.6 is 11.3 Å². The van der Waals surface area contributed by atoms with E-state index < -0.39 is 0 Å². The van der Waals surface area contributed by atoms with Crippen LogP contribution in [0.4, 0.5) is 5.82 Å². The number of carbonyl (C=O) groups excluding carboxylic acids is 1. The van der Waals surface area contributed by atoms with Crippen LogP contribution in [0.3, 0.4) is 0 Å². The Morgan fingerprint density at radius 2 is 1.93 bits per heavy atom. The summed E-state index contributed by atoms with van der Waals surface area (Å²) >= 11 is 1.49. The molecule has 0 aliphatic rings. The molecule has 4 rings (SSSR count). The predicted molar refractivity (Wildman–Crippen MR) is 119 cm³/mol. The van der Waals surface area contributed by atoms with Crippen molar-refractivity contribution in [3.8, 4) is 5.13 Å². The molecule has 1 aromatic carbocycles. The van der Waals surface area contributed by atoms with Crippen LogP contribution in [0.2, 0.25) is 0 Å². The summed E-state index contributed by atoms with van der Waals surface area (Å²) in [6, 6.07) is 14.1. The maximum absolute atomic E-state index is 12.4. The number of nitrogens with zero attached hydrogens (tertiary/aromatic N) is 4. The van der Waals surface area contributed by atoms with E-state index in [9.17, 15) is 4.79 Å². The molecule has 0 atom stereocenters. The van der Waals surface area contributed by atoms with Gasteiger partial charge in [-0.15, -0.1) is 11.3 Å². The van der Waals surface area contributed by atoms with Crippen molar-refractivity contribution in [2.24, 2.45) is 0 Å². The lowest BCUT2D eigenvalue weighted by Gasteiger charge is -2.04. The summed E-state index contributed by atoms with van der Waals surface area (Å²) in [5, 5.41) is 10.2. The topological polar surface area (TPSA) is 72.7 Å². The Kier molecular flexibility index (Phi) is 5.72. The highest BCUT2D eigenvalue weighted by Gasteiger charge is 2.16. The lowest BCUT2D eigenvalue weighted by Crippen LogP contribution is -2.15. The molecule has 0 bridgehead atoms. The second kappa shape index (κ2) is 8.59. The number of aryl methyl sites for hydroxylation is 2. The van der Waals surface area contributed by atoms with Gasteiger partial charge in [0.1, 0.15) is 5.82 Å². The summed E-state index contributed by atoms with van der Waals surface area (Å²) < 4.78 is 1.88. The van der Waals surface area contributed by atoms with Crippen LogP contribution in [0.1, 0.15) is 33.8 Å². The fourth-order valence-electron chi connectivity index (χ4n) is 3.35. The molecule has 1 N–H and O–H groups in total. The van der Waals surface area contributed by atoms with Crippen LogP contribution < -0.4 is 5.32 Å². The predicted octanol–water partition coefficient (Wildman–Crippen LogP) is 4.42. The number of amides is 1. The third-order valence-corrected chi connectivity index (χ3v) is 5.78. The molecule has 152 valence electrons. The zero-order chi connectivity index (χ0) is 21.1. The summed E-state index contributed by atoms with van der Waals surface area (Å²) in [5.74, 6) is 0.419. The van der Waals surface area contributed by atoms with Crippen molar-refractivity contribution in [3.63, 3.8) is 0 Å². The summed E-state index contributed by atoms with van der Waals surface area (Å²) in [4.78, 5) is 21.2. The van der Waals surface area contributed by atoms with Crippen molar-refractivity contribution in [3.05, 3.63) is 87.8 Å². The van der Waals surface area contributed by atoms with Crippen LogP contribution in [0.5, 0.6) is 0 Å². The van der Waals surface area contributed by atoms with E-state index >= 15 is 0 Å². The molecule has 0 radical (unpaired) electrons. The molecular weight excluding hydrogens is 394 g/mol. The molecule has 0 aliphatic carbocycles. The van der Waals surface area contributed by atoms with Gasteiger partial charge in [0, 0.05) is 29.3 Å². The van der Waals surface area contributed by atoms with Gasteiger partial charge in [-0.25, -0.2) is 14.6 Å². The highest BCUT2D eigenvalue weighted by atomic mass is 32.1. The quantitative estimate of drug-likeness (QED) is 0.504. The summed E-state index contributed by atoms with van der Waals surface area (Å²) in [6.45, 7) is 6.05. The van der Waals surface area contributed by atoms with E-state index in [1.54, 1.807) is 6.20 Å². The Morgan fingerprint density at radius 3 is 2.70 bits per heavy atom. The van der Waals surface area contributed by atoms with Gasteiger partial charge in [0.2, 0.25) is 11.0 Å². The third kappa shape index (κ3) is 4.46. The van der Waals surface area contributed by atoms with E-state index in [1.807, 2.05) is 42.1 Å². The number of thiazole rings is 1. The molecule has 3 aromatic heterocycles. The number of benzene rings is 1. The number of hydrogen-bond donors (Lipinski definition) is 1. The van der Waals surface area contributed by atoms with Crippen molar-refractivity contribution in [2.45, 2.75) is 33.6 Å². The van der Waals surface area contributed by atoms with Crippen molar-refractivity contribution in [2.75, 3.05) is 5.32 Å². The smallest absolute Gasteiger partial charge is 0.231 e. The molecule has 3 heterocycles. The van der Waals surface area contributed by atoms with E-state index in [1.165, 1.54) is 22.5 Å². The molecule has 0 saturated heterocycles. The molecule has 6 nitrogen and oxygen atoms in total. The maximum atomic E-state index is 12.4. The van der Waals surface area contributed by atoms with E-state index in [0.717, 1.165) is 34.2 Å². The molecule has 4 aromatic rings. The fourth-order valence-corrected chi connectivity index (χ4v) is 4.17. The van der Waals surface area contributed by atoms with Gasteiger partial charge in [0.05, 0.1) is 17.8 Å². The minimum Gasteiger partial charge on any atom is -0.310 e. The SMILES string of the molecule is Cc1ccnc(NC(=O)Cc2csc(-n3nc(C)c(Cc4ccccc4)c3C)n2)c1. The molecule has 7 heteroatoms. The minimum atomic E-state index is -0.136. The molecule has 1 amide bonds. The van der Waals surface area contributed by atoms with E-state index in [2.05, 4.69) is 46.5 Å². The van der Waals surface area contributed by atoms with Gasteiger partial charge in [0.25, 0.3) is 0 Å². The lowest BCUT2D eigenvalue weighted by atomic mass is 10.0. The maximum Gasteiger partial charge on any atom is 0.231 e. The number of anilines is 1. The van der Waals surface area contributed by atoms with Crippen molar-refractivity contribution < 1.29 is 4.79 Å². The van der Waals surface area contributed by atoms with E-state index in [-0.39, 0.29) is 12.3 Å². The number of pyridine rings is 1. The Bertz CT molecular complexity index is 1180. The van der Waals surface area contributed by atoms with Gasteiger partial charge in [-0.05, 0) is 44.0 Å². The van der Waals surface area contributed by atoms with Gasteiger partial charge in [0.15, 0.2) is 0 Å². The Morgan fingerprint density at radius 1 is 1.13 bits per heavy atom. The second-order valence-corrected chi connectivity index (χ2v) is 8.12. The van der Waals surface area contributed by atoms with Crippen LogP contribution in [-0.4, -0.2) is 25.7 Å². The van der Waals surface area contributed by atoms with Gasteiger partial charge in [-0.3, -0.25) is 4.79 Å². The Balaban J connectivity index is 1.48. The minimum absolute atomic E-state index is 0.136. The normalized spacial score (nSPS) is 10.9. The fraction of sp³-hybridized carbons (Fsp3) is 0.217. The van der Waals surface area contributed by atoms with Crippen LogP contribution in [0.15, 0.2) is 54.0 Å². The third-order valence-electron chi connectivity index (χ3n) is 4.91. The number of aromatic nitrogens is 4. The molecule has 0 aliphatic heterocycles.